The normalized spacial score (nSPS) is 14.5. The number of imidazole rings is 2. The third-order valence-electron chi connectivity index (χ3n) is 8.67. The van der Waals surface area contributed by atoms with Crippen LogP contribution < -0.4 is 10.2 Å². The monoisotopic (exact) mass is 824 g/mol. The molecule has 2 fully saturated rings. The second-order valence-electron chi connectivity index (χ2n) is 11.8. The molecule has 4 aromatic heterocycles. The van der Waals surface area contributed by atoms with E-state index < -0.39 is 19.5 Å². The van der Waals surface area contributed by atoms with E-state index in [9.17, 15) is 13.2 Å². The number of nitrogens with one attached hydrogen (secondary N) is 1. The number of nitrogens with zero attached hydrogens (tertiary/aromatic N) is 8. The quantitative estimate of drug-likeness (QED) is 0.178. The number of fused-ring (bicyclic) bond motifs is 6. The van der Waals surface area contributed by atoms with Gasteiger partial charge in [-0.05, 0) is 111 Å². The van der Waals surface area contributed by atoms with Gasteiger partial charge in [-0.1, -0.05) is 59.9 Å². The molecule has 8 rings (SSSR count). The maximum atomic E-state index is 13.2. The largest absolute Gasteiger partial charge is 0.356 e. The standard InChI is InChI=1S/C15H15FN4.C10H6BrN3.C6H15N.C5H10FN.CH3F.2CH4.ClH/c16-11-5-8-19(9-6-11)14-7-10-20-13-4-2-1-3-12(13)17-15(20)18-14;11-9-5-6-14-8-4-2-1-3-7(8)12-10(14)13-9;1-4-7(5-2)6-3;6-5-1-3-7-4-2-5;1-2;;;/h1-4,7,10-11H,5-6,8-9H2;1-6H;4-6H2,1-3H3;5,7H,1-4H2;1H3;2*1H4;1H/i;;;;1D;;;. The summed E-state index contributed by atoms with van der Waals surface area (Å²) in [7, 11) is -1.00. The molecule has 0 spiro atoms. The van der Waals surface area contributed by atoms with Crippen molar-refractivity contribution in [3.63, 3.8) is 0 Å². The van der Waals surface area contributed by atoms with Gasteiger partial charge in [0, 0.05) is 25.5 Å². The maximum Gasteiger partial charge on any atom is 0.236 e. The molecule has 0 saturated carbocycles. The number of alkyl halides is 3. The predicted octanol–water partition coefficient (Wildman–Crippen LogP) is 9.80. The van der Waals surface area contributed by atoms with Crippen molar-refractivity contribution in [2.24, 2.45) is 0 Å². The lowest BCUT2D eigenvalue weighted by atomic mass is 10.1. The molecule has 294 valence electrons. The fourth-order valence-electron chi connectivity index (χ4n) is 5.78. The Morgan fingerprint density at radius 1 is 0.736 bits per heavy atom. The summed E-state index contributed by atoms with van der Waals surface area (Å²) in [5.41, 5.74) is 4.06. The fraction of sp³-hybridized carbons (Fsp3) is 0.487. The number of rotatable bonds is 4. The molecule has 53 heavy (non-hydrogen) atoms. The van der Waals surface area contributed by atoms with Crippen LogP contribution in [0, 0.1) is 0 Å². The van der Waals surface area contributed by atoms with E-state index in [1.54, 1.807) is 0 Å². The molecule has 9 nitrogen and oxygen atoms in total. The number of hydrogen-bond donors (Lipinski definition) is 1. The van der Waals surface area contributed by atoms with E-state index in [1.807, 2.05) is 81.9 Å². The van der Waals surface area contributed by atoms with Gasteiger partial charge < -0.3 is 15.1 Å². The molecule has 2 saturated heterocycles. The minimum atomic E-state index is -1.00. The van der Waals surface area contributed by atoms with Crippen LogP contribution in [0.25, 0.3) is 33.6 Å². The summed E-state index contributed by atoms with van der Waals surface area (Å²) < 4.78 is 45.6. The molecule has 1 N–H and O–H groups in total. The van der Waals surface area contributed by atoms with Crippen molar-refractivity contribution >= 4 is 67.8 Å². The molecule has 6 heterocycles. The van der Waals surface area contributed by atoms with Gasteiger partial charge in [0.05, 0.1) is 30.6 Å². The molecule has 0 bridgehead atoms. The van der Waals surface area contributed by atoms with Gasteiger partial charge in [-0.15, -0.1) is 12.4 Å². The van der Waals surface area contributed by atoms with Gasteiger partial charge in [-0.2, -0.15) is 4.98 Å². The topological polar surface area (TPSA) is 78.9 Å². The fourth-order valence-corrected chi connectivity index (χ4v) is 6.05. The van der Waals surface area contributed by atoms with Crippen LogP contribution in [-0.4, -0.2) is 98.9 Å². The van der Waals surface area contributed by atoms with Gasteiger partial charge in [-0.25, -0.2) is 23.7 Å². The van der Waals surface area contributed by atoms with E-state index in [0.29, 0.717) is 31.5 Å². The molecular weight excluding hydrogens is 767 g/mol. The van der Waals surface area contributed by atoms with Crippen LogP contribution in [0.3, 0.4) is 0 Å². The number of benzene rings is 2. The van der Waals surface area contributed by atoms with Gasteiger partial charge in [0.1, 0.15) is 22.8 Å². The molecule has 0 amide bonds. The second kappa shape index (κ2) is 24.7. The van der Waals surface area contributed by atoms with Crippen molar-refractivity contribution in [3.8, 4) is 0 Å². The van der Waals surface area contributed by atoms with Gasteiger partial charge in [0.2, 0.25) is 11.6 Å². The van der Waals surface area contributed by atoms with E-state index in [2.05, 4.69) is 71.8 Å². The van der Waals surface area contributed by atoms with Crippen molar-refractivity contribution in [3.05, 3.63) is 77.7 Å². The number of aromatic nitrogens is 6. The molecule has 0 atom stereocenters. The zero-order chi connectivity index (χ0) is 36.6. The number of anilines is 1. The summed E-state index contributed by atoms with van der Waals surface area (Å²) in [4.78, 5) is 22.3. The molecule has 6 aromatic rings. The number of halogens is 5. The minimum Gasteiger partial charge on any atom is -0.356 e. The lowest BCUT2D eigenvalue weighted by Gasteiger charge is -2.29. The van der Waals surface area contributed by atoms with Crippen LogP contribution in [0.2, 0.25) is 0 Å². The molecule has 0 radical (unpaired) electrons. The van der Waals surface area contributed by atoms with Crippen LogP contribution >= 0.6 is 28.3 Å². The molecule has 0 aliphatic carbocycles. The van der Waals surface area contributed by atoms with Gasteiger partial charge in [0.15, 0.2) is 0 Å². The van der Waals surface area contributed by atoms with Gasteiger partial charge >= 0.3 is 0 Å². The average molecular weight is 826 g/mol. The Labute approximate surface area is 329 Å². The average Bonchev–Trinajstić information content (AvgIpc) is 3.71. The third-order valence-corrected chi connectivity index (χ3v) is 9.11. The van der Waals surface area contributed by atoms with E-state index in [4.69, 9.17) is 1.37 Å². The third kappa shape index (κ3) is 13.4. The Balaban J connectivity index is 0.000000376. The van der Waals surface area contributed by atoms with Crippen LogP contribution in [0.4, 0.5) is 19.0 Å². The highest BCUT2D eigenvalue weighted by Crippen LogP contribution is 2.22. The molecular formula is C39H58BrClF3N9. The Morgan fingerprint density at radius 2 is 1.19 bits per heavy atom. The van der Waals surface area contributed by atoms with E-state index in [-0.39, 0.29) is 27.3 Å². The van der Waals surface area contributed by atoms with Crippen molar-refractivity contribution in [2.45, 2.75) is 73.7 Å². The molecule has 14 heteroatoms. The summed E-state index contributed by atoms with van der Waals surface area (Å²) in [6.45, 7) is 13.3. The summed E-state index contributed by atoms with van der Waals surface area (Å²) >= 11 is 3.33. The Hall–Kier alpha value is -3.52. The summed E-state index contributed by atoms with van der Waals surface area (Å²) in [6.07, 6.45) is 5.35. The maximum absolute atomic E-state index is 13.2. The van der Waals surface area contributed by atoms with Gasteiger partial charge in [-0.3, -0.25) is 13.2 Å². The molecule has 0 unspecified atom stereocenters. The summed E-state index contributed by atoms with van der Waals surface area (Å²) in [5.74, 6) is 2.31. The lowest BCUT2D eigenvalue weighted by molar-refractivity contribution is 0.262. The first-order valence-corrected chi connectivity index (χ1v) is 18.1. The predicted molar refractivity (Wildman–Crippen MR) is 223 cm³/mol. The Kier molecular flexibility index (Phi) is 21.3. The van der Waals surface area contributed by atoms with Gasteiger partial charge in [0.25, 0.3) is 0 Å². The van der Waals surface area contributed by atoms with Crippen molar-refractivity contribution in [2.75, 3.05) is 57.9 Å². The molecule has 2 aliphatic heterocycles. The van der Waals surface area contributed by atoms with E-state index >= 15 is 0 Å². The highest BCUT2D eigenvalue weighted by atomic mass is 79.9. The minimum absolute atomic E-state index is 0. The summed E-state index contributed by atoms with van der Waals surface area (Å²) in [5, 5.41) is 3.08. The molecule has 2 aliphatic rings. The Bertz CT molecular complexity index is 1890. The SMILES string of the molecule is Brc1ccn2c(n1)nc1ccccc12.C.C.CCN(CC)CC.Cl.FC1CCN(c2ccn3c(n2)nc2ccccc23)CC1.FC1CCNCC1.[2H]CF. The van der Waals surface area contributed by atoms with Crippen molar-refractivity contribution in [1.29, 1.82) is 0 Å². The van der Waals surface area contributed by atoms with Crippen LogP contribution in [-0.2, 0) is 0 Å². The van der Waals surface area contributed by atoms with Crippen LogP contribution in [0.5, 0.6) is 0 Å². The highest BCUT2D eigenvalue weighted by Gasteiger charge is 2.20. The van der Waals surface area contributed by atoms with Crippen LogP contribution in [0.1, 0.15) is 62.7 Å². The van der Waals surface area contributed by atoms with Crippen LogP contribution in [0.15, 0.2) is 77.7 Å². The Morgan fingerprint density at radius 3 is 1.64 bits per heavy atom. The zero-order valence-corrected chi connectivity index (χ0v) is 32.0. The first-order valence-electron chi connectivity index (χ1n) is 18.0. The van der Waals surface area contributed by atoms with Crippen molar-refractivity contribution in [1.82, 2.24) is 39.0 Å². The number of piperidine rings is 2. The second-order valence-corrected chi connectivity index (χ2v) is 12.6. The highest BCUT2D eigenvalue weighted by molar-refractivity contribution is 9.10. The first kappa shape index (κ1) is 45.6. The number of para-hydroxylation sites is 4. The smallest absolute Gasteiger partial charge is 0.236 e. The molecule has 2 aromatic carbocycles. The first-order chi connectivity index (χ1) is 24.8. The number of hydrogen-bond acceptors (Lipinski definition) is 7. The lowest BCUT2D eigenvalue weighted by Crippen LogP contribution is -2.34. The van der Waals surface area contributed by atoms with Crippen molar-refractivity contribution < 1.29 is 14.5 Å². The van der Waals surface area contributed by atoms with E-state index in [0.717, 1.165) is 64.4 Å². The van der Waals surface area contributed by atoms with E-state index in [1.165, 1.54) is 19.6 Å². The zero-order valence-electron chi connectivity index (χ0n) is 30.6. The summed E-state index contributed by atoms with van der Waals surface area (Å²) in [6, 6.07) is 19.9.